The largest absolute Gasteiger partial charge is 0.355 e. The highest BCUT2D eigenvalue weighted by molar-refractivity contribution is 5.92. The van der Waals surface area contributed by atoms with E-state index < -0.39 is 6.03 Å². The van der Waals surface area contributed by atoms with Crippen LogP contribution in [0.25, 0.3) is 16.7 Å². The number of hydrogen-bond acceptors (Lipinski definition) is 3. The molecule has 2 aromatic carbocycles. The highest BCUT2D eigenvalue weighted by Crippen LogP contribution is 2.19. The predicted octanol–water partition coefficient (Wildman–Crippen LogP) is 2.28. The molecule has 7 heteroatoms. The molecule has 0 spiro atoms. The Morgan fingerprint density at radius 2 is 1.80 bits per heavy atom. The molecule has 0 aliphatic heterocycles. The Bertz CT molecular complexity index is 886. The number of carbonyl (C=O) groups is 2. The molecule has 1 aromatic heterocycles. The van der Waals surface area contributed by atoms with Gasteiger partial charge in [-0.3, -0.25) is 9.36 Å². The molecule has 3 rings (SSSR count). The van der Waals surface area contributed by atoms with Crippen molar-refractivity contribution in [2.24, 2.45) is 0 Å². The summed E-state index contributed by atoms with van der Waals surface area (Å²) in [7, 11) is 0. The van der Waals surface area contributed by atoms with Crippen LogP contribution in [-0.2, 0) is 4.79 Å². The quantitative estimate of drug-likeness (QED) is 0.667. The summed E-state index contributed by atoms with van der Waals surface area (Å²) < 4.78 is 1.98. The molecule has 3 amide bonds. The molecule has 0 unspecified atom stereocenters. The zero-order chi connectivity index (χ0) is 17.6. The van der Waals surface area contributed by atoms with E-state index in [0.717, 1.165) is 16.7 Å². The van der Waals surface area contributed by atoms with Gasteiger partial charge in [-0.15, -0.1) is 0 Å². The topological polar surface area (TPSA) is 88.0 Å². The summed E-state index contributed by atoms with van der Waals surface area (Å²) in [6.45, 7) is 2.30. The van der Waals surface area contributed by atoms with Gasteiger partial charge in [0.2, 0.25) is 5.91 Å². The van der Waals surface area contributed by atoms with Crippen LogP contribution in [0.1, 0.15) is 6.92 Å². The van der Waals surface area contributed by atoms with E-state index in [2.05, 4.69) is 20.9 Å². The molecular formula is C18H19N5O2. The zero-order valence-electron chi connectivity index (χ0n) is 13.8. The second kappa shape index (κ2) is 7.48. The fraction of sp³-hybridized carbons (Fsp3) is 0.167. The number of fused-ring (bicyclic) bond motifs is 1. The number of rotatable bonds is 5. The Hall–Kier alpha value is -3.35. The lowest BCUT2D eigenvalue weighted by Crippen LogP contribution is -2.38. The molecule has 0 aliphatic rings. The number of nitrogens with one attached hydrogen (secondary N) is 3. The number of para-hydroxylation sites is 2. The predicted molar refractivity (Wildman–Crippen MR) is 96.8 cm³/mol. The van der Waals surface area contributed by atoms with Crippen molar-refractivity contribution in [1.82, 2.24) is 20.2 Å². The highest BCUT2D eigenvalue weighted by atomic mass is 16.2. The number of nitrogens with zero attached hydrogens (tertiary/aromatic N) is 2. The van der Waals surface area contributed by atoms with Crippen LogP contribution in [0.2, 0.25) is 0 Å². The van der Waals surface area contributed by atoms with E-state index in [1.807, 2.05) is 47.9 Å². The van der Waals surface area contributed by atoms with Gasteiger partial charge in [-0.2, -0.15) is 0 Å². The van der Waals surface area contributed by atoms with E-state index in [-0.39, 0.29) is 12.5 Å². The van der Waals surface area contributed by atoms with Crippen LogP contribution in [-0.4, -0.2) is 34.6 Å². The number of imidazole rings is 1. The van der Waals surface area contributed by atoms with E-state index in [0.29, 0.717) is 12.2 Å². The van der Waals surface area contributed by atoms with Gasteiger partial charge < -0.3 is 16.0 Å². The fourth-order valence-electron chi connectivity index (χ4n) is 2.47. The van der Waals surface area contributed by atoms with Crippen molar-refractivity contribution in [3.8, 4) is 5.69 Å². The Balaban J connectivity index is 1.64. The average molecular weight is 337 g/mol. The minimum atomic E-state index is -0.424. The molecule has 0 saturated heterocycles. The Kier molecular flexibility index (Phi) is 4.94. The van der Waals surface area contributed by atoms with Crippen LogP contribution < -0.4 is 16.0 Å². The minimum absolute atomic E-state index is 0.0568. The number of anilines is 1. The maximum absolute atomic E-state index is 11.8. The number of benzene rings is 2. The average Bonchev–Trinajstić information content (AvgIpc) is 3.05. The van der Waals surface area contributed by atoms with Crippen molar-refractivity contribution in [2.45, 2.75) is 6.92 Å². The lowest BCUT2D eigenvalue weighted by molar-refractivity contribution is -0.119. The number of aromatic nitrogens is 2. The number of likely N-dealkylation sites (N-methyl/N-ethyl adjacent to an activating group) is 1. The maximum atomic E-state index is 11.8. The molecule has 1 heterocycles. The standard InChI is InChI=1S/C18H19N5O2/c1-2-19-17(24)11-20-18(25)22-13-7-9-14(10-8-13)23-12-21-15-5-3-4-6-16(15)23/h3-10,12H,2,11H2,1H3,(H,19,24)(H2,20,22,25). The monoisotopic (exact) mass is 337 g/mol. The first-order valence-corrected chi connectivity index (χ1v) is 8.01. The Labute approximate surface area is 145 Å². The first kappa shape index (κ1) is 16.5. The number of amides is 3. The van der Waals surface area contributed by atoms with Crippen LogP contribution >= 0.6 is 0 Å². The van der Waals surface area contributed by atoms with E-state index in [9.17, 15) is 9.59 Å². The molecule has 0 atom stereocenters. The normalized spacial score (nSPS) is 10.4. The van der Waals surface area contributed by atoms with Crippen LogP contribution in [0.15, 0.2) is 54.9 Å². The van der Waals surface area contributed by atoms with E-state index in [1.54, 1.807) is 18.5 Å². The Morgan fingerprint density at radius 3 is 2.56 bits per heavy atom. The van der Waals surface area contributed by atoms with Crippen molar-refractivity contribution in [2.75, 3.05) is 18.4 Å². The molecular weight excluding hydrogens is 318 g/mol. The van der Waals surface area contributed by atoms with Crippen LogP contribution in [0.3, 0.4) is 0 Å². The molecule has 3 aromatic rings. The van der Waals surface area contributed by atoms with Gasteiger partial charge in [0, 0.05) is 17.9 Å². The van der Waals surface area contributed by atoms with Crippen LogP contribution in [0.5, 0.6) is 0 Å². The van der Waals surface area contributed by atoms with Crippen LogP contribution in [0.4, 0.5) is 10.5 Å². The fourth-order valence-corrected chi connectivity index (χ4v) is 2.47. The molecule has 0 aliphatic carbocycles. The maximum Gasteiger partial charge on any atom is 0.319 e. The van der Waals surface area contributed by atoms with Gasteiger partial charge in [0.05, 0.1) is 17.6 Å². The zero-order valence-corrected chi connectivity index (χ0v) is 13.8. The van der Waals surface area contributed by atoms with Gasteiger partial charge in [0.1, 0.15) is 6.33 Å². The van der Waals surface area contributed by atoms with Gasteiger partial charge in [0.25, 0.3) is 0 Å². The summed E-state index contributed by atoms with van der Waals surface area (Å²) in [5, 5.41) is 7.81. The summed E-state index contributed by atoms with van der Waals surface area (Å²) in [5.74, 6) is -0.222. The summed E-state index contributed by atoms with van der Waals surface area (Å²) in [6.07, 6.45) is 1.77. The van der Waals surface area contributed by atoms with Crippen molar-refractivity contribution >= 4 is 28.7 Å². The third-order valence-electron chi connectivity index (χ3n) is 3.64. The molecule has 0 saturated carbocycles. The third kappa shape index (κ3) is 3.95. The third-order valence-corrected chi connectivity index (χ3v) is 3.64. The van der Waals surface area contributed by atoms with Gasteiger partial charge in [0.15, 0.2) is 0 Å². The first-order valence-electron chi connectivity index (χ1n) is 8.01. The van der Waals surface area contributed by atoms with Crippen molar-refractivity contribution in [1.29, 1.82) is 0 Å². The van der Waals surface area contributed by atoms with E-state index >= 15 is 0 Å². The number of urea groups is 1. The lowest BCUT2D eigenvalue weighted by Gasteiger charge is -2.09. The second-order valence-corrected chi connectivity index (χ2v) is 5.41. The number of hydrogen-bond donors (Lipinski definition) is 3. The van der Waals surface area contributed by atoms with E-state index in [1.165, 1.54) is 0 Å². The minimum Gasteiger partial charge on any atom is -0.355 e. The summed E-state index contributed by atoms with van der Waals surface area (Å²) in [5.41, 5.74) is 3.53. The summed E-state index contributed by atoms with van der Waals surface area (Å²) in [4.78, 5) is 27.5. The van der Waals surface area contributed by atoms with Crippen molar-refractivity contribution < 1.29 is 9.59 Å². The van der Waals surface area contributed by atoms with Gasteiger partial charge in [-0.25, -0.2) is 9.78 Å². The molecule has 25 heavy (non-hydrogen) atoms. The smallest absolute Gasteiger partial charge is 0.319 e. The lowest BCUT2D eigenvalue weighted by atomic mass is 10.2. The first-order chi connectivity index (χ1) is 12.2. The molecule has 0 bridgehead atoms. The molecule has 7 nitrogen and oxygen atoms in total. The van der Waals surface area contributed by atoms with Gasteiger partial charge >= 0.3 is 6.03 Å². The molecule has 128 valence electrons. The van der Waals surface area contributed by atoms with E-state index in [4.69, 9.17) is 0 Å². The Morgan fingerprint density at radius 1 is 1.04 bits per heavy atom. The van der Waals surface area contributed by atoms with Crippen molar-refractivity contribution in [3.63, 3.8) is 0 Å². The highest BCUT2D eigenvalue weighted by Gasteiger charge is 2.06. The van der Waals surface area contributed by atoms with Crippen LogP contribution in [0, 0.1) is 0 Å². The second-order valence-electron chi connectivity index (χ2n) is 5.41. The van der Waals surface area contributed by atoms with Crippen molar-refractivity contribution in [3.05, 3.63) is 54.9 Å². The molecule has 3 N–H and O–H groups in total. The van der Waals surface area contributed by atoms with Gasteiger partial charge in [-0.05, 0) is 43.3 Å². The number of carbonyl (C=O) groups excluding carboxylic acids is 2. The van der Waals surface area contributed by atoms with Gasteiger partial charge in [-0.1, -0.05) is 12.1 Å². The molecule has 0 fully saturated rings. The summed E-state index contributed by atoms with van der Waals surface area (Å²) in [6, 6.07) is 14.9. The molecule has 0 radical (unpaired) electrons. The summed E-state index contributed by atoms with van der Waals surface area (Å²) >= 11 is 0. The SMILES string of the molecule is CCNC(=O)CNC(=O)Nc1ccc(-n2cnc3ccccc32)cc1.